The quantitative estimate of drug-likeness (QED) is 0.151. The van der Waals surface area contributed by atoms with Crippen LogP contribution in [-0.2, 0) is 0 Å². The molecule has 0 heteroatoms. The van der Waals surface area contributed by atoms with Crippen molar-refractivity contribution >= 4 is 151 Å². The Kier molecular flexibility index (Phi) is 30.3. The van der Waals surface area contributed by atoms with Crippen LogP contribution in [0.4, 0.5) is 0 Å². The molecule has 0 fully saturated rings. The molecule has 0 radical (unpaired) electrons. The molecule has 0 atom stereocenters. The molecule has 138 heavy (non-hydrogen) atoms. The van der Waals surface area contributed by atoms with Gasteiger partial charge in [-0.1, -0.05) is 509 Å². The van der Waals surface area contributed by atoms with Crippen LogP contribution in [0.1, 0.15) is 63.8 Å². The molecule has 0 aromatic heterocycles. The summed E-state index contributed by atoms with van der Waals surface area (Å²) < 4.78 is 0. The first-order valence-corrected chi connectivity index (χ1v) is 48.7. The molecule has 0 unspecified atom stereocenters. The molecule has 0 N–H and O–H groups in total. The zero-order valence-electron chi connectivity index (χ0n) is 80.7. The Hall–Kier alpha value is -16.6. The molecule has 0 amide bonds. The molecule has 26 aromatic rings. The van der Waals surface area contributed by atoms with Crippen molar-refractivity contribution in [2.75, 3.05) is 0 Å². The summed E-state index contributed by atoms with van der Waals surface area (Å²) in [5.41, 5.74) is 18.4. The largest absolute Gasteiger partial charge is 0.0683 e. The second-order valence-electron chi connectivity index (χ2n) is 34.1. The first-order chi connectivity index (χ1) is 68.2. The van der Waals surface area contributed by atoms with Gasteiger partial charge in [-0.2, -0.15) is 0 Å². The highest BCUT2D eigenvalue weighted by atomic mass is 14.2. The molecule has 0 nitrogen and oxygen atoms in total. The number of hydrogen-bond acceptors (Lipinski definition) is 0. The lowest BCUT2D eigenvalue weighted by molar-refractivity contribution is 1.50. The number of hydrogen-bond donors (Lipinski definition) is 0. The zero-order chi connectivity index (χ0) is 95.1. The van der Waals surface area contributed by atoms with Crippen LogP contribution >= 0.6 is 0 Å². The van der Waals surface area contributed by atoms with E-state index in [2.05, 4.69) is 549 Å². The van der Waals surface area contributed by atoms with Gasteiger partial charge in [0.25, 0.3) is 0 Å². The lowest BCUT2D eigenvalue weighted by Crippen LogP contribution is -1.88. The second kappa shape index (κ2) is 44.9. The van der Waals surface area contributed by atoms with E-state index in [4.69, 9.17) is 0 Å². The summed E-state index contributed by atoms with van der Waals surface area (Å²) in [6.45, 7) is 20.9. The van der Waals surface area contributed by atoms with E-state index in [1.54, 1.807) is 0 Å². The van der Waals surface area contributed by atoms with E-state index in [0.717, 1.165) is 0 Å². The minimum absolute atomic E-state index is 1.27. The molecular formula is C138H116. The van der Waals surface area contributed by atoms with Gasteiger partial charge in [0, 0.05) is 0 Å². The van der Waals surface area contributed by atoms with Crippen LogP contribution in [0.5, 0.6) is 0 Å². The molecule has 0 aliphatic carbocycles. The SMILES string of the molecule is CC.CC.CC.Cc1c2ccccc2c(-c2ccccc2)c2ccccc12.Cc1c2ccccc2cc2cc(-c3ccccc3)ccc12.Cc1c2ccccc2cc2ccc(-c3ccccc3)cc12.Cc1c2ccccc2cc2ccccc12.c1ccc(-c2c3ccccc3cc3ccccc23)cc1.c1ccc(-c2c3ccccc3cc3ccccc23)cc1.c1ccc2cc3ccccc3cc2c1. The van der Waals surface area contributed by atoms with Crippen molar-refractivity contribution in [2.45, 2.75) is 69.2 Å². The fraction of sp³-hybridized carbons (Fsp3) is 0.0725. The third-order valence-corrected chi connectivity index (χ3v) is 26.1. The van der Waals surface area contributed by atoms with Gasteiger partial charge >= 0.3 is 0 Å². The van der Waals surface area contributed by atoms with Gasteiger partial charge in [-0.3, -0.25) is 0 Å². The molecule has 0 aliphatic heterocycles. The maximum absolute atomic E-state index is 2.31. The van der Waals surface area contributed by atoms with Gasteiger partial charge in [0.05, 0.1) is 0 Å². The number of benzene rings is 26. The average molecular weight is 1770 g/mol. The van der Waals surface area contributed by atoms with Crippen molar-refractivity contribution in [1.29, 1.82) is 0 Å². The van der Waals surface area contributed by atoms with Crippen LogP contribution < -0.4 is 0 Å². The molecule has 26 rings (SSSR count). The van der Waals surface area contributed by atoms with Crippen molar-refractivity contribution in [3.63, 3.8) is 0 Å². The summed E-state index contributed by atoms with van der Waals surface area (Å²) in [5.74, 6) is 0. The topological polar surface area (TPSA) is 0 Å². The molecule has 0 aliphatic rings. The molecule has 668 valence electrons. The summed E-state index contributed by atoms with van der Waals surface area (Å²) in [7, 11) is 0. The molecule has 0 bridgehead atoms. The smallest absolute Gasteiger partial charge is 0.00266 e. The third kappa shape index (κ3) is 20.5. The molecule has 26 aromatic carbocycles. The maximum Gasteiger partial charge on any atom is -0.00266 e. The Morgan fingerprint density at radius 3 is 0.565 bits per heavy atom. The van der Waals surface area contributed by atoms with Crippen molar-refractivity contribution < 1.29 is 0 Å². The highest BCUT2D eigenvalue weighted by Gasteiger charge is 2.16. The van der Waals surface area contributed by atoms with Crippen LogP contribution in [0.15, 0.2) is 522 Å². The maximum atomic E-state index is 2.31. The van der Waals surface area contributed by atoms with Gasteiger partial charge in [0.15, 0.2) is 0 Å². The Balaban J connectivity index is 0.000000111. The lowest BCUT2D eigenvalue weighted by Gasteiger charge is -2.15. The predicted molar refractivity (Wildman–Crippen MR) is 610 cm³/mol. The first-order valence-electron chi connectivity index (χ1n) is 48.7. The normalized spacial score (nSPS) is 10.7. The summed E-state index contributed by atoms with van der Waals surface area (Å²) in [6.07, 6.45) is 0. The number of rotatable bonds is 5. The fourth-order valence-corrected chi connectivity index (χ4v) is 19.5. The van der Waals surface area contributed by atoms with Crippen LogP contribution in [0.3, 0.4) is 0 Å². The van der Waals surface area contributed by atoms with Gasteiger partial charge in [0.2, 0.25) is 0 Å². The molecule has 0 saturated carbocycles. The minimum Gasteiger partial charge on any atom is -0.0683 e. The van der Waals surface area contributed by atoms with Gasteiger partial charge < -0.3 is 0 Å². The number of aryl methyl sites for hydroxylation is 4. The van der Waals surface area contributed by atoms with Crippen LogP contribution in [0.25, 0.3) is 206 Å². The Morgan fingerprint density at radius 2 is 0.268 bits per heavy atom. The Labute approximate surface area is 813 Å². The zero-order valence-corrected chi connectivity index (χ0v) is 80.7. The van der Waals surface area contributed by atoms with E-state index in [9.17, 15) is 0 Å². The monoisotopic (exact) mass is 1770 g/mol. The predicted octanol–water partition coefficient (Wildman–Crippen LogP) is 40.6. The second-order valence-corrected chi connectivity index (χ2v) is 34.1. The van der Waals surface area contributed by atoms with Gasteiger partial charge in [-0.05, 0) is 311 Å². The standard InChI is InChI=1S/3C21H16.2C20H14.C15H12.C14H10.3C2H6/c1-15-17-11-5-7-13-19(17)21(16-9-3-2-4-10-16)20-14-8-6-12-18(15)20;1-15-20-10-6-5-9-18(20)13-19-12-11-17(14-21(15)19)16-7-3-2-4-8-16;1-15-20-10-6-5-9-18(20)14-19-13-17(11-12-21(15)19)16-7-3-2-4-8-16;2*1-2-8-15(9-3-1)20-18-12-6-4-10-16(18)14-17-11-5-7-13-19(17)20;1-11-14-8-4-2-6-12(14)10-13-7-3-5-9-15(11)13;1-2-6-12-10-14-8-4-3-7-13(14)9-11(12)5-1;3*1-2/h3*2-14H,1H3;2*1-14H;2-10H,1H3;1-10H;3*1-2H3. The van der Waals surface area contributed by atoms with Crippen molar-refractivity contribution in [1.82, 2.24) is 0 Å². The van der Waals surface area contributed by atoms with Crippen molar-refractivity contribution in [2.24, 2.45) is 0 Å². The van der Waals surface area contributed by atoms with Crippen LogP contribution in [0.2, 0.25) is 0 Å². The van der Waals surface area contributed by atoms with E-state index in [-0.39, 0.29) is 0 Å². The van der Waals surface area contributed by atoms with Gasteiger partial charge in [-0.25, -0.2) is 0 Å². The van der Waals surface area contributed by atoms with E-state index in [1.807, 2.05) is 41.5 Å². The lowest BCUT2D eigenvalue weighted by atomic mass is 9.89. The average Bonchev–Trinajstić information content (AvgIpc) is 0.742. The first kappa shape index (κ1) is 93.2. The summed E-state index contributed by atoms with van der Waals surface area (Å²) in [6, 6.07) is 186. The van der Waals surface area contributed by atoms with E-state index >= 15 is 0 Å². The van der Waals surface area contributed by atoms with E-state index < -0.39 is 0 Å². The van der Waals surface area contributed by atoms with Gasteiger partial charge in [-0.15, -0.1) is 0 Å². The van der Waals surface area contributed by atoms with Gasteiger partial charge in [0.1, 0.15) is 0 Å². The Bertz CT molecular complexity index is 8170. The highest BCUT2D eigenvalue weighted by Crippen LogP contribution is 2.43. The summed E-state index contributed by atoms with van der Waals surface area (Å²) in [5, 5.41) is 37.0. The number of fused-ring (bicyclic) bond motifs is 14. The molecule has 0 saturated heterocycles. The molecule has 0 heterocycles. The van der Waals surface area contributed by atoms with Crippen LogP contribution in [0, 0.1) is 27.7 Å². The fourth-order valence-electron chi connectivity index (χ4n) is 19.5. The van der Waals surface area contributed by atoms with Crippen LogP contribution in [-0.4, -0.2) is 0 Å². The summed E-state index contributed by atoms with van der Waals surface area (Å²) in [4.78, 5) is 0. The molecular weight excluding hydrogens is 1660 g/mol. The van der Waals surface area contributed by atoms with Crippen molar-refractivity contribution in [3.05, 3.63) is 544 Å². The van der Waals surface area contributed by atoms with E-state index in [1.165, 1.54) is 229 Å². The Morgan fingerprint density at radius 1 is 0.0942 bits per heavy atom. The molecule has 0 spiro atoms. The summed E-state index contributed by atoms with van der Waals surface area (Å²) >= 11 is 0. The minimum atomic E-state index is 1.27. The third-order valence-electron chi connectivity index (χ3n) is 26.1. The van der Waals surface area contributed by atoms with Crippen molar-refractivity contribution in [3.8, 4) is 55.6 Å². The highest BCUT2D eigenvalue weighted by molar-refractivity contribution is 6.17. The van der Waals surface area contributed by atoms with E-state index in [0.29, 0.717) is 0 Å².